The fourth-order valence-electron chi connectivity index (χ4n) is 2.69. The van der Waals surface area contributed by atoms with Gasteiger partial charge in [-0.2, -0.15) is 5.10 Å². The van der Waals surface area contributed by atoms with Crippen LogP contribution in [0, 0.1) is 13.8 Å². The Hall–Kier alpha value is -2.18. The number of likely N-dealkylation sites (N-methyl/N-ethyl adjacent to an activating group) is 1. The predicted molar refractivity (Wildman–Crippen MR) is 90.2 cm³/mol. The Balaban J connectivity index is 2.03. The summed E-state index contributed by atoms with van der Waals surface area (Å²) in [5.41, 5.74) is 3.44. The molecule has 23 heavy (non-hydrogen) atoms. The van der Waals surface area contributed by atoms with E-state index in [1.54, 1.807) is 0 Å². The van der Waals surface area contributed by atoms with Gasteiger partial charge in [-0.3, -0.25) is 14.8 Å². The molecule has 2 aromatic rings. The third-order valence-corrected chi connectivity index (χ3v) is 3.90. The maximum absolute atomic E-state index is 12.3. The molecule has 6 heteroatoms. The minimum absolute atomic E-state index is 0.00139. The quantitative estimate of drug-likeness (QED) is 0.730. The van der Waals surface area contributed by atoms with E-state index in [0.717, 1.165) is 22.6 Å². The number of nitrogens with zero attached hydrogens (tertiary/aromatic N) is 2. The lowest BCUT2D eigenvalue weighted by molar-refractivity contribution is -0.117. The number of carbonyl (C=O) groups excluding carboxylic acids is 1. The van der Waals surface area contributed by atoms with Gasteiger partial charge in [-0.1, -0.05) is 30.3 Å². The van der Waals surface area contributed by atoms with Gasteiger partial charge in [0.1, 0.15) is 0 Å². The van der Waals surface area contributed by atoms with Crippen molar-refractivity contribution in [3.63, 3.8) is 0 Å². The van der Waals surface area contributed by atoms with Crippen LogP contribution < -0.4 is 5.32 Å². The summed E-state index contributed by atoms with van der Waals surface area (Å²) >= 11 is 0. The topological polar surface area (TPSA) is 81.2 Å². The molecule has 6 nitrogen and oxygen atoms in total. The van der Waals surface area contributed by atoms with Gasteiger partial charge in [0.2, 0.25) is 5.91 Å². The van der Waals surface area contributed by atoms with E-state index in [0.29, 0.717) is 6.42 Å². The summed E-state index contributed by atoms with van der Waals surface area (Å²) in [6.45, 7) is 4.04. The fourth-order valence-corrected chi connectivity index (χ4v) is 2.69. The van der Waals surface area contributed by atoms with E-state index < -0.39 is 0 Å². The maximum Gasteiger partial charge on any atom is 0.238 e. The normalized spacial score (nSPS) is 12.4. The van der Waals surface area contributed by atoms with Gasteiger partial charge < -0.3 is 10.4 Å². The Morgan fingerprint density at radius 1 is 1.35 bits per heavy atom. The Kier molecular flexibility index (Phi) is 5.90. The number of nitrogens with one attached hydrogen (secondary N) is 2. The highest BCUT2D eigenvalue weighted by Crippen LogP contribution is 2.23. The van der Waals surface area contributed by atoms with E-state index in [-0.39, 0.29) is 25.1 Å². The molecule has 0 unspecified atom stereocenters. The van der Waals surface area contributed by atoms with Gasteiger partial charge in [-0.15, -0.1) is 0 Å². The van der Waals surface area contributed by atoms with Crippen LogP contribution in [0.25, 0.3) is 0 Å². The van der Waals surface area contributed by atoms with Gasteiger partial charge in [0.15, 0.2) is 0 Å². The second kappa shape index (κ2) is 7.89. The molecule has 0 aliphatic rings. The van der Waals surface area contributed by atoms with Crippen molar-refractivity contribution in [3.8, 4) is 0 Å². The van der Waals surface area contributed by atoms with Crippen LogP contribution in [0.2, 0.25) is 0 Å². The second-order valence-electron chi connectivity index (χ2n) is 5.71. The van der Waals surface area contributed by atoms with Crippen LogP contribution in [0.15, 0.2) is 30.3 Å². The van der Waals surface area contributed by atoms with Crippen molar-refractivity contribution in [1.82, 2.24) is 15.1 Å². The highest BCUT2D eigenvalue weighted by molar-refractivity contribution is 5.93. The highest BCUT2D eigenvalue weighted by atomic mass is 16.3. The molecule has 1 heterocycles. The molecular weight excluding hydrogens is 292 g/mol. The number of aryl methyl sites for hydroxylation is 2. The number of aromatic amines is 1. The molecule has 0 saturated heterocycles. The number of hydrogen-bond acceptors (Lipinski definition) is 4. The van der Waals surface area contributed by atoms with Gasteiger partial charge in [-0.25, -0.2) is 0 Å². The monoisotopic (exact) mass is 316 g/mol. The molecule has 3 N–H and O–H groups in total. The van der Waals surface area contributed by atoms with Gasteiger partial charge in [-0.05, 0) is 32.9 Å². The molecule has 124 valence electrons. The molecule has 1 atom stereocenters. The number of anilines is 1. The Bertz CT molecular complexity index is 620. The summed E-state index contributed by atoms with van der Waals surface area (Å²) in [6.07, 6.45) is 0.581. The van der Waals surface area contributed by atoms with Gasteiger partial charge >= 0.3 is 0 Å². The third-order valence-electron chi connectivity index (χ3n) is 3.90. The number of hydrogen-bond donors (Lipinski definition) is 3. The largest absolute Gasteiger partial charge is 0.396 e. The number of amides is 1. The Morgan fingerprint density at radius 2 is 2.04 bits per heavy atom. The number of H-pyrrole nitrogens is 1. The van der Waals surface area contributed by atoms with Crippen LogP contribution in [-0.2, 0) is 4.79 Å². The standard InChI is InChI=1S/C17H24N4O2/c1-12-17(13(2)20-19-12)18-16(23)11-21(3)15(9-10-22)14-7-5-4-6-8-14/h4-8,15,22H,9-11H2,1-3H3,(H,18,23)(H,19,20)/t15-/m0/s1. The number of rotatable bonds is 7. The summed E-state index contributed by atoms with van der Waals surface area (Å²) in [6, 6.07) is 9.91. The molecule has 1 aromatic heterocycles. The zero-order valence-corrected chi connectivity index (χ0v) is 13.8. The van der Waals surface area contributed by atoms with Crippen LogP contribution >= 0.6 is 0 Å². The molecule has 0 saturated carbocycles. The van der Waals surface area contributed by atoms with Gasteiger partial charge in [0.25, 0.3) is 0 Å². The number of aromatic nitrogens is 2. The molecule has 0 radical (unpaired) electrons. The number of carbonyl (C=O) groups is 1. The Morgan fingerprint density at radius 3 is 2.61 bits per heavy atom. The minimum atomic E-state index is -0.0982. The van der Waals surface area contributed by atoms with E-state index in [4.69, 9.17) is 0 Å². The molecular formula is C17H24N4O2. The predicted octanol–water partition coefficient (Wildman–Crippen LogP) is 2.02. The molecule has 1 amide bonds. The molecule has 0 aliphatic heterocycles. The molecule has 1 aromatic carbocycles. The first kappa shape index (κ1) is 17.2. The summed E-state index contributed by atoms with van der Waals surface area (Å²) in [4.78, 5) is 14.3. The zero-order chi connectivity index (χ0) is 16.8. The maximum atomic E-state index is 12.3. The number of benzene rings is 1. The second-order valence-corrected chi connectivity index (χ2v) is 5.71. The first-order valence-electron chi connectivity index (χ1n) is 7.70. The third kappa shape index (κ3) is 4.40. The van der Waals surface area contributed by atoms with E-state index in [1.165, 1.54) is 0 Å². The fraction of sp³-hybridized carbons (Fsp3) is 0.412. The van der Waals surface area contributed by atoms with E-state index in [2.05, 4.69) is 15.5 Å². The van der Waals surface area contributed by atoms with E-state index >= 15 is 0 Å². The Labute approximate surface area is 136 Å². The first-order valence-corrected chi connectivity index (χ1v) is 7.70. The van der Waals surface area contributed by atoms with Crippen LogP contribution in [0.5, 0.6) is 0 Å². The van der Waals surface area contributed by atoms with Crippen LogP contribution in [0.3, 0.4) is 0 Å². The van der Waals surface area contributed by atoms with Crippen LogP contribution in [-0.4, -0.2) is 46.3 Å². The van der Waals surface area contributed by atoms with E-state index in [1.807, 2.05) is 56.1 Å². The summed E-state index contributed by atoms with van der Waals surface area (Å²) in [5, 5.41) is 19.1. The van der Waals surface area contributed by atoms with Crippen LogP contribution in [0.1, 0.15) is 29.4 Å². The smallest absolute Gasteiger partial charge is 0.238 e. The highest BCUT2D eigenvalue weighted by Gasteiger charge is 2.19. The van der Waals surface area contributed by atoms with Gasteiger partial charge in [0, 0.05) is 12.6 Å². The summed E-state index contributed by atoms with van der Waals surface area (Å²) in [7, 11) is 1.89. The van der Waals surface area contributed by atoms with Crippen molar-refractivity contribution >= 4 is 11.6 Å². The lowest BCUT2D eigenvalue weighted by Gasteiger charge is -2.27. The van der Waals surface area contributed by atoms with Crippen molar-refractivity contribution in [2.24, 2.45) is 0 Å². The van der Waals surface area contributed by atoms with Crippen molar-refractivity contribution in [1.29, 1.82) is 0 Å². The zero-order valence-electron chi connectivity index (χ0n) is 13.8. The number of aliphatic hydroxyl groups is 1. The first-order chi connectivity index (χ1) is 11.0. The molecule has 0 fully saturated rings. The summed E-state index contributed by atoms with van der Waals surface area (Å²) in [5.74, 6) is -0.0982. The lowest BCUT2D eigenvalue weighted by Crippen LogP contribution is -2.34. The van der Waals surface area contributed by atoms with Gasteiger partial charge in [0.05, 0.1) is 23.6 Å². The molecule has 2 rings (SSSR count). The summed E-state index contributed by atoms with van der Waals surface area (Å²) < 4.78 is 0. The lowest BCUT2D eigenvalue weighted by atomic mass is 10.0. The van der Waals surface area contributed by atoms with Crippen molar-refractivity contribution in [2.75, 3.05) is 25.5 Å². The molecule has 0 aliphatic carbocycles. The van der Waals surface area contributed by atoms with Crippen molar-refractivity contribution in [2.45, 2.75) is 26.3 Å². The van der Waals surface area contributed by atoms with Crippen molar-refractivity contribution in [3.05, 3.63) is 47.3 Å². The average Bonchev–Trinajstić information content (AvgIpc) is 2.85. The average molecular weight is 316 g/mol. The van der Waals surface area contributed by atoms with E-state index in [9.17, 15) is 9.90 Å². The minimum Gasteiger partial charge on any atom is -0.396 e. The van der Waals surface area contributed by atoms with Crippen molar-refractivity contribution < 1.29 is 9.90 Å². The molecule has 0 spiro atoms. The van der Waals surface area contributed by atoms with Crippen LogP contribution in [0.4, 0.5) is 5.69 Å². The SMILES string of the molecule is Cc1n[nH]c(C)c1NC(=O)CN(C)[C@@H](CCO)c1ccccc1. The number of aliphatic hydroxyl groups excluding tert-OH is 1. The molecule has 0 bridgehead atoms.